The Labute approximate surface area is 176 Å². The van der Waals surface area contributed by atoms with E-state index in [0.717, 1.165) is 24.1 Å². The van der Waals surface area contributed by atoms with E-state index in [9.17, 15) is 13.2 Å². The highest BCUT2D eigenvalue weighted by Crippen LogP contribution is 2.30. The molecule has 3 heterocycles. The third-order valence-electron chi connectivity index (χ3n) is 4.98. The molecule has 160 valence electrons. The van der Waals surface area contributed by atoms with E-state index < -0.39 is 15.4 Å². The topological polar surface area (TPSA) is 97.2 Å². The van der Waals surface area contributed by atoms with Crippen molar-refractivity contribution in [1.29, 1.82) is 0 Å². The molecule has 0 radical (unpaired) electrons. The molecule has 0 unspecified atom stereocenters. The highest BCUT2D eigenvalue weighted by Gasteiger charge is 2.34. The molecule has 0 saturated carbocycles. The molecule has 1 aliphatic rings. The average molecular weight is 440 g/mol. The molecule has 0 aromatic carbocycles. The smallest absolute Gasteiger partial charge is 0.252 e. The lowest BCUT2D eigenvalue weighted by Crippen LogP contribution is -2.45. The van der Waals surface area contributed by atoms with Crippen LogP contribution in [0, 0.1) is 5.41 Å². The summed E-state index contributed by atoms with van der Waals surface area (Å²) in [5.74, 6) is -0.00818. The first-order valence-corrected chi connectivity index (χ1v) is 12.2. The minimum Gasteiger partial charge on any atom is -0.355 e. The Morgan fingerprint density at radius 1 is 1.31 bits per heavy atom. The monoisotopic (exact) mass is 439 g/mol. The van der Waals surface area contributed by atoms with Crippen molar-refractivity contribution >= 4 is 27.3 Å². The second kappa shape index (κ2) is 8.93. The second-order valence-electron chi connectivity index (χ2n) is 8.37. The molecule has 0 spiro atoms. The summed E-state index contributed by atoms with van der Waals surface area (Å²) in [5.41, 5.74) is -0.433. The lowest BCUT2D eigenvalue weighted by atomic mass is 9.96. The van der Waals surface area contributed by atoms with Crippen LogP contribution in [-0.4, -0.2) is 52.8 Å². The summed E-state index contributed by atoms with van der Waals surface area (Å²) in [4.78, 5) is 12.9. The molecule has 8 nitrogen and oxygen atoms in total. The number of rotatable bonds is 7. The zero-order valence-corrected chi connectivity index (χ0v) is 18.8. The van der Waals surface area contributed by atoms with Gasteiger partial charge in [0.2, 0.25) is 5.91 Å². The first-order chi connectivity index (χ1) is 13.7. The van der Waals surface area contributed by atoms with Crippen LogP contribution in [0.5, 0.6) is 0 Å². The molecule has 0 bridgehead atoms. The van der Waals surface area contributed by atoms with E-state index in [1.54, 1.807) is 27.4 Å². The number of hydrogen-bond acceptors (Lipinski definition) is 6. The normalized spacial score (nSPS) is 18.7. The number of aromatic nitrogens is 3. The first-order valence-electron chi connectivity index (χ1n) is 9.91. The van der Waals surface area contributed by atoms with Crippen LogP contribution in [0.3, 0.4) is 0 Å². The molecular formula is C19H29N5O3S2. The van der Waals surface area contributed by atoms with Crippen molar-refractivity contribution in [3.63, 3.8) is 0 Å². The van der Waals surface area contributed by atoms with Crippen LogP contribution in [0.4, 0.5) is 0 Å². The predicted octanol–water partition coefficient (Wildman–Crippen LogP) is 2.29. The van der Waals surface area contributed by atoms with Crippen LogP contribution >= 0.6 is 11.3 Å². The summed E-state index contributed by atoms with van der Waals surface area (Å²) in [6.07, 6.45) is 6.67. The Morgan fingerprint density at radius 2 is 2.10 bits per heavy atom. The van der Waals surface area contributed by atoms with Crippen LogP contribution in [0.15, 0.2) is 28.7 Å². The van der Waals surface area contributed by atoms with E-state index in [1.807, 2.05) is 26.8 Å². The molecule has 2 aromatic heterocycles. The molecule has 1 amide bonds. The van der Waals surface area contributed by atoms with Crippen LogP contribution in [0.2, 0.25) is 0 Å². The van der Waals surface area contributed by atoms with Gasteiger partial charge in [0.25, 0.3) is 10.0 Å². The molecule has 2 aromatic rings. The highest BCUT2D eigenvalue weighted by molar-refractivity contribution is 7.91. The zero-order chi connectivity index (χ0) is 21.1. The van der Waals surface area contributed by atoms with Crippen molar-refractivity contribution in [2.45, 2.75) is 63.3 Å². The summed E-state index contributed by atoms with van der Waals surface area (Å²) < 4.78 is 30.2. The molecule has 10 heteroatoms. The summed E-state index contributed by atoms with van der Waals surface area (Å²) in [6, 6.07) is 3.41. The van der Waals surface area contributed by atoms with Gasteiger partial charge in [-0.05, 0) is 31.4 Å². The van der Waals surface area contributed by atoms with E-state index in [1.165, 1.54) is 11.3 Å². The fourth-order valence-corrected chi connectivity index (χ4v) is 6.50. The average Bonchev–Trinajstić information content (AvgIpc) is 3.33. The van der Waals surface area contributed by atoms with E-state index in [0.29, 0.717) is 30.3 Å². The number of amides is 1. The van der Waals surface area contributed by atoms with Gasteiger partial charge in [-0.3, -0.25) is 9.48 Å². The summed E-state index contributed by atoms with van der Waals surface area (Å²) in [5, 5.41) is 10.7. The van der Waals surface area contributed by atoms with Crippen molar-refractivity contribution in [2.24, 2.45) is 5.41 Å². The Bertz CT molecular complexity index is 916. The van der Waals surface area contributed by atoms with E-state index >= 15 is 0 Å². The lowest BCUT2D eigenvalue weighted by Gasteiger charge is -2.34. The van der Waals surface area contributed by atoms with Gasteiger partial charge in [-0.15, -0.1) is 16.4 Å². The molecule has 3 rings (SSSR count). The third-order valence-corrected chi connectivity index (χ3v) is 8.55. The van der Waals surface area contributed by atoms with Crippen LogP contribution in [0.25, 0.3) is 0 Å². The number of nitrogens with one attached hydrogen (secondary N) is 1. The predicted molar refractivity (Wildman–Crippen MR) is 112 cm³/mol. The van der Waals surface area contributed by atoms with Crippen molar-refractivity contribution in [1.82, 2.24) is 24.6 Å². The number of carbonyl (C=O) groups is 1. The molecule has 1 aliphatic heterocycles. The Hall–Kier alpha value is -1.78. The van der Waals surface area contributed by atoms with Gasteiger partial charge in [-0.2, -0.15) is 4.31 Å². The van der Waals surface area contributed by atoms with Gasteiger partial charge >= 0.3 is 0 Å². The molecule has 0 aliphatic carbocycles. The number of sulfonamides is 1. The number of carbonyl (C=O) groups excluding carboxylic acids is 1. The standard InChI is InChI=1S/C19H29N5O3S2/c1-19(2,3)18(25)20-10-9-16-7-8-17(28-16)29(26,27)24-12-5-4-6-15(24)14-23-13-11-21-22-23/h7-8,11,13,15H,4-6,9-10,12,14H2,1-3H3,(H,20,25)/t15-/m0/s1. The van der Waals surface area contributed by atoms with Gasteiger partial charge in [0.05, 0.1) is 12.7 Å². The highest BCUT2D eigenvalue weighted by atomic mass is 32.2. The van der Waals surface area contributed by atoms with Crippen molar-refractivity contribution in [2.75, 3.05) is 13.1 Å². The fourth-order valence-electron chi connectivity index (χ4n) is 3.33. The fraction of sp³-hybridized carbons (Fsp3) is 0.632. The van der Waals surface area contributed by atoms with Crippen LogP contribution in [0.1, 0.15) is 44.9 Å². The van der Waals surface area contributed by atoms with Crippen molar-refractivity contribution in [3.05, 3.63) is 29.4 Å². The molecule has 1 N–H and O–H groups in total. The minimum absolute atomic E-state index is 0.00818. The Kier molecular flexibility index (Phi) is 6.75. The zero-order valence-electron chi connectivity index (χ0n) is 17.2. The maximum Gasteiger partial charge on any atom is 0.252 e. The van der Waals surface area contributed by atoms with Gasteiger partial charge in [0.15, 0.2) is 0 Å². The largest absolute Gasteiger partial charge is 0.355 e. The van der Waals surface area contributed by atoms with Gasteiger partial charge in [0.1, 0.15) is 4.21 Å². The van der Waals surface area contributed by atoms with Gasteiger partial charge in [0, 0.05) is 35.6 Å². The maximum absolute atomic E-state index is 13.3. The van der Waals surface area contributed by atoms with Gasteiger partial charge in [-0.1, -0.05) is 32.4 Å². The molecule has 29 heavy (non-hydrogen) atoms. The molecular weight excluding hydrogens is 410 g/mol. The number of nitrogens with zero attached hydrogens (tertiary/aromatic N) is 4. The van der Waals surface area contributed by atoms with E-state index in [4.69, 9.17) is 0 Å². The van der Waals surface area contributed by atoms with Gasteiger partial charge < -0.3 is 5.32 Å². The quantitative estimate of drug-likeness (QED) is 0.714. The summed E-state index contributed by atoms with van der Waals surface area (Å²) in [7, 11) is -3.56. The van der Waals surface area contributed by atoms with Crippen molar-refractivity contribution in [3.8, 4) is 0 Å². The van der Waals surface area contributed by atoms with E-state index in [2.05, 4.69) is 15.6 Å². The first kappa shape index (κ1) is 21.9. The van der Waals surface area contributed by atoms with Crippen LogP contribution < -0.4 is 5.32 Å². The Morgan fingerprint density at radius 3 is 2.79 bits per heavy atom. The number of piperidine rings is 1. The van der Waals surface area contributed by atoms with Crippen molar-refractivity contribution < 1.29 is 13.2 Å². The maximum atomic E-state index is 13.3. The molecule has 1 atom stereocenters. The Balaban J connectivity index is 1.66. The van der Waals surface area contributed by atoms with Crippen LogP contribution in [-0.2, 0) is 27.8 Å². The molecule has 1 saturated heterocycles. The van der Waals surface area contributed by atoms with Gasteiger partial charge in [-0.25, -0.2) is 8.42 Å². The SMILES string of the molecule is CC(C)(C)C(=O)NCCc1ccc(S(=O)(=O)N2CCCC[C@H]2Cn2ccnn2)s1. The van der Waals surface area contributed by atoms with E-state index in [-0.39, 0.29) is 11.9 Å². The lowest BCUT2D eigenvalue weighted by molar-refractivity contribution is -0.128. The number of hydrogen-bond donors (Lipinski definition) is 1. The minimum atomic E-state index is -3.56. The second-order valence-corrected chi connectivity index (χ2v) is 11.7. The number of thiophene rings is 1. The molecule has 1 fully saturated rings. The third kappa shape index (κ3) is 5.43. The summed E-state index contributed by atoms with van der Waals surface area (Å²) >= 11 is 1.29. The summed E-state index contributed by atoms with van der Waals surface area (Å²) in [6.45, 7) is 7.13.